The number of aliphatic imine (C=N–C) groups is 1. The van der Waals surface area contributed by atoms with Gasteiger partial charge in [0.15, 0.2) is 6.04 Å². The number of carbonyl (C=O) groups is 1. The number of benzene rings is 2. The molecule has 3 rings (SSSR count). The lowest BCUT2D eigenvalue weighted by atomic mass is 10.0. The molecule has 106 valence electrons. The zero-order valence-corrected chi connectivity index (χ0v) is 11.9. The minimum atomic E-state index is -0.877. The second kappa shape index (κ2) is 5.61. The van der Waals surface area contributed by atoms with E-state index in [1.165, 1.54) is 11.8 Å². The zero-order chi connectivity index (χ0) is 14.8. The van der Waals surface area contributed by atoms with Gasteiger partial charge < -0.3 is 10.2 Å². The normalized spacial score (nSPS) is 17.5. The summed E-state index contributed by atoms with van der Waals surface area (Å²) in [4.78, 5) is 15.1. The Balaban J connectivity index is 1.83. The maximum Gasteiger partial charge on any atom is 0.329 e. The van der Waals surface area contributed by atoms with Crippen LogP contribution in [0.4, 0.5) is 0 Å². The monoisotopic (exact) mass is 299 g/mol. The van der Waals surface area contributed by atoms with Crippen molar-refractivity contribution in [2.24, 2.45) is 4.99 Å². The van der Waals surface area contributed by atoms with Crippen LogP contribution >= 0.6 is 11.8 Å². The van der Waals surface area contributed by atoms with Crippen LogP contribution in [0.1, 0.15) is 5.56 Å². The number of phenolic OH excluding ortho intramolecular Hbond substituents is 1. The Hall–Kier alpha value is -2.27. The van der Waals surface area contributed by atoms with Crippen LogP contribution < -0.4 is 0 Å². The van der Waals surface area contributed by atoms with Crippen molar-refractivity contribution in [3.05, 3.63) is 54.1 Å². The van der Waals surface area contributed by atoms with Gasteiger partial charge in [0.1, 0.15) is 5.75 Å². The molecular formula is C16H13NO3S. The molecule has 2 aromatic carbocycles. The first-order valence-electron chi connectivity index (χ1n) is 6.47. The average molecular weight is 299 g/mol. The lowest BCUT2D eigenvalue weighted by Gasteiger charge is -2.04. The van der Waals surface area contributed by atoms with Crippen LogP contribution in [-0.2, 0) is 4.79 Å². The standard InChI is InChI=1S/C16H13NO3S/c18-13-7-5-11(6-8-13)10-1-3-12(4-2-10)15-17-14(9-21-15)16(19)20/h1-8,14,18H,9H2,(H,19,20)/t14-/m1/s1. The van der Waals surface area contributed by atoms with Gasteiger partial charge >= 0.3 is 5.97 Å². The summed E-state index contributed by atoms with van der Waals surface area (Å²) >= 11 is 1.47. The molecule has 0 bridgehead atoms. The van der Waals surface area contributed by atoms with E-state index in [0.29, 0.717) is 5.75 Å². The molecule has 2 aromatic rings. The molecule has 21 heavy (non-hydrogen) atoms. The van der Waals surface area contributed by atoms with Gasteiger partial charge in [-0.2, -0.15) is 0 Å². The van der Waals surface area contributed by atoms with Crippen LogP contribution in [0.15, 0.2) is 53.5 Å². The van der Waals surface area contributed by atoms with Gasteiger partial charge in [-0.3, -0.25) is 4.99 Å². The number of rotatable bonds is 3. The summed E-state index contributed by atoms with van der Waals surface area (Å²) in [6.45, 7) is 0. The lowest BCUT2D eigenvalue weighted by Crippen LogP contribution is -2.17. The maximum atomic E-state index is 10.9. The highest BCUT2D eigenvalue weighted by atomic mass is 32.2. The van der Waals surface area contributed by atoms with Crippen LogP contribution in [0.5, 0.6) is 5.75 Å². The third kappa shape index (κ3) is 2.92. The topological polar surface area (TPSA) is 69.9 Å². The summed E-state index contributed by atoms with van der Waals surface area (Å²) in [5.41, 5.74) is 2.99. The van der Waals surface area contributed by atoms with Gasteiger partial charge in [0.25, 0.3) is 0 Å². The SMILES string of the molecule is O=C(O)[C@H]1CSC(c2ccc(-c3ccc(O)cc3)cc2)=N1. The van der Waals surface area contributed by atoms with E-state index in [-0.39, 0.29) is 5.75 Å². The van der Waals surface area contributed by atoms with Gasteiger partial charge in [0.2, 0.25) is 0 Å². The van der Waals surface area contributed by atoms with Crippen molar-refractivity contribution in [2.45, 2.75) is 6.04 Å². The molecule has 0 aliphatic carbocycles. The summed E-state index contributed by atoms with van der Waals surface area (Å²) in [5.74, 6) is -0.144. The van der Waals surface area contributed by atoms with E-state index in [4.69, 9.17) is 5.11 Å². The van der Waals surface area contributed by atoms with Gasteiger partial charge in [-0.15, -0.1) is 11.8 Å². The molecule has 0 unspecified atom stereocenters. The average Bonchev–Trinajstić information content (AvgIpc) is 2.98. The molecule has 1 aliphatic heterocycles. The van der Waals surface area contributed by atoms with Gasteiger partial charge in [-0.1, -0.05) is 36.4 Å². The van der Waals surface area contributed by atoms with Crippen molar-refractivity contribution in [3.63, 3.8) is 0 Å². The molecule has 1 atom stereocenters. The van der Waals surface area contributed by atoms with Gasteiger partial charge in [0.05, 0.1) is 5.04 Å². The number of thioether (sulfide) groups is 1. The molecule has 0 amide bonds. The molecule has 0 spiro atoms. The smallest absolute Gasteiger partial charge is 0.329 e. The minimum Gasteiger partial charge on any atom is -0.508 e. The highest BCUT2D eigenvalue weighted by molar-refractivity contribution is 8.14. The van der Waals surface area contributed by atoms with Crippen LogP contribution in [-0.4, -0.2) is 33.0 Å². The zero-order valence-electron chi connectivity index (χ0n) is 11.1. The Morgan fingerprint density at radius 3 is 2.05 bits per heavy atom. The highest BCUT2D eigenvalue weighted by Gasteiger charge is 2.24. The Bertz CT molecular complexity index is 692. The van der Waals surface area contributed by atoms with Crippen molar-refractivity contribution in [3.8, 4) is 16.9 Å². The van der Waals surface area contributed by atoms with E-state index in [1.807, 2.05) is 36.4 Å². The number of hydrogen-bond donors (Lipinski definition) is 2. The Labute approximate surface area is 126 Å². The van der Waals surface area contributed by atoms with Gasteiger partial charge in [-0.05, 0) is 23.3 Å². The molecule has 5 heteroatoms. The van der Waals surface area contributed by atoms with E-state index < -0.39 is 12.0 Å². The predicted octanol–water partition coefficient (Wildman–Crippen LogP) is 3.01. The summed E-state index contributed by atoms with van der Waals surface area (Å²) in [6.07, 6.45) is 0. The highest BCUT2D eigenvalue weighted by Crippen LogP contribution is 2.26. The summed E-state index contributed by atoms with van der Waals surface area (Å²) in [5, 5.41) is 19.0. The second-order valence-electron chi connectivity index (χ2n) is 4.72. The Kier molecular flexibility index (Phi) is 3.66. The molecule has 0 saturated carbocycles. The molecule has 1 aliphatic rings. The van der Waals surface area contributed by atoms with Crippen molar-refractivity contribution >= 4 is 22.8 Å². The van der Waals surface area contributed by atoms with Crippen molar-refractivity contribution in [1.29, 1.82) is 0 Å². The molecule has 0 aromatic heterocycles. The largest absolute Gasteiger partial charge is 0.508 e. The van der Waals surface area contributed by atoms with E-state index in [0.717, 1.165) is 21.7 Å². The summed E-state index contributed by atoms with van der Waals surface area (Å²) < 4.78 is 0. The number of carboxylic acid groups (broad SMARTS) is 1. The number of phenols is 1. The Morgan fingerprint density at radius 2 is 1.52 bits per heavy atom. The van der Waals surface area contributed by atoms with Crippen molar-refractivity contribution < 1.29 is 15.0 Å². The fourth-order valence-corrected chi connectivity index (χ4v) is 3.15. The van der Waals surface area contributed by atoms with Gasteiger partial charge in [-0.25, -0.2) is 4.79 Å². The molecule has 4 nitrogen and oxygen atoms in total. The summed E-state index contributed by atoms with van der Waals surface area (Å²) in [6, 6.07) is 14.2. The number of hydrogen-bond acceptors (Lipinski definition) is 4. The molecule has 1 heterocycles. The summed E-state index contributed by atoms with van der Waals surface area (Å²) in [7, 11) is 0. The first-order chi connectivity index (χ1) is 10.1. The van der Waals surface area contributed by atoms with Crippen LogP contribution in [0.3, 0.4) is 0 Å². The minimum absolute atomic E-state index is 0.242. The second-order valence-corrected chi connectivity index (χ2v) is 5.73. The molecule has 0 radical (unpaired) electrons. The van der Waals surface area contributed by atoms with E-state index >= 15 is 0 Å². The molecule has 2 N–H and O–H groups in total. The van der Waals surface area contributed by atoms with Crippen LogP contribution in [0.2, 0.25) is 0 Å². The van der Waals surface area contributed by atoms with Crippen molar-refractivity contribution in [1.82, 2.24) is 0 Å². The van der Waals surface area contributed by atoms with Crippen LogP contribution in [0, 0.1) is 0 Å². The molecular weight excluding hydrogens is 286 g/mol. The lowest BCUT2D eigenvalue weighted by molar-refractivity contribution is -0.137. The first kappa shape index (κ1) is 13.7. The Morgan fingerprint density at radius 1 is 1.00 bits per heavy atom. The quantitative estimate of drug-likeness (QED) is 0.914. The van der Waals surface area contributed by atoms with E-state index in [9.17, 15) is 9.90 Å². The van der Waals surface area contributed by atoms with E-state index in [2.05, 4.69) is 4.99 Å². The fourth-order valence-electron chi connectivity index (χ4n) is 2.12. The van der Waals surface area contributed by atoms with E-state index in [1.54, 1.807) is 12.1 Å². The number of carboxylic acids is 1. The predicted molar refractivity (Wildman–Crippen MR) is 84.0 cm³/mol. The van der Waals surface area contributed by atoms with Crippen molar-refractivity contribution in [2.75, 3.05) is 5.75 Å². The van der Waals surface area contributed by atoms with Gasteiger partial charge in [0, 0.05) is 11.3 Å². The number of nitrogens with zero attached hydrogens (tertiary/aromatic N) is 1. The first-order valence-corrected chi connectivity index (χ1v) is 7.45. The molecule has 0 saturated heterocycles. The van der Waals surface area contributed by atoms with Crippen LogP contribution in [0.25, 0.3) is 11.1 Å². The number of aromatic hydroxyl groups is 1. The molecule has 0 fully saturated rings. The number of aliphatic carboxylic acids is 1. The maximum absolute atomic E-state index is 10.9. The third-order valence-corrected chi connectivity index (χ3v) is 4.37. The third-order valence-electron chi connectivity index (χ3n) is 3.27. The fraction of sp³-hybridized carbons (Fsp3) is 0.125.